The summed E-state index contributed by atoms with van der Waals surface area (Å²) in [7, 11) is -2.60. The smallest absolute Gasteiger partial charge is 0.288 e. The highest BCUT2D eigenvalue weighted by Crippen LogP contribution is 2.45. The number of anilines is 1. The normalized spacial score (nSPS) is 25.6. The first-order chi connectivity index (χ1) is 14.7. The van der Waals surface area contributed by atoms with Crippen LogP contribution in [0.1, 0.15) is 29.5 Å². The zero-order valence-electron chi connectivity index (χ0n) is 16.5. The molecule has 31 heavy (non-hydrogen) atoms. The summed E-state index contributed by atoms with van der Waals surface area (Å²) in [5.41, 5.74) is -1.21. The maximum Gasteiger partial charge on any atom is 0.288 e. The van der Waals surface area contributed by atoms with Gasteiger partial charge >= 0.3 is 0 Å². The van der Waals surface area contributed by atoms with Crippen LogP contribution in [0.15, 0.2) is 58.4 Å². The molecule has 10 heteroatoms. The zero-order valence-corrected chi connectivity index (χ0v) is 17.4. The molecule has 2 aromatic rings. The molecular weight excluding hydrogens is 424 g/mol. The molecule has 3 N–H and O–H groups in total. The predicted molar refractivity (Wildman–Crippen MR) is 110 cm³/mol. The standard InChI is InChI=1S/C16H10N2O5.C5H10O2S/c19-12(10-6-3-7-23-10)11-13(20)14(21)18-16(11)8-4-1-2-5-9(8)17-15(16)22;1-5-2-3-8(6,7)4-5/h1-7,20H,(H,17,22)(H,18,21);5H,2-4H2,1H3. The van der Waals surface area contributed by atoms with Gasteiger partial charge in [0.1, 0.15) is 0 Å². The van der Waals surface area contributed by atoms with Crippen molar-refractivity contribution in [1.29, 1.82) is 0 Å². The Morgan fingerprint density at radius 1 is 1.19 bits per heavy atom. The van der Waals surface area contributed by atoms with Crippen molar-refractivity contribution in [1.82, 2.24) is 5.32 Å². The SMILES string of the molecule is CC1CCS(=O)(=O)C1.O=C1NC2(C(=O)Nc3ccccc32)C(C(=O)c2ccco2)=C1O. The molecule has 0 aliphatic carbocycles. The van der Waals surface area contributed by atoms with E-state index in [1.165, 1.54) is 18.4 Å². The fourth-order valence-corrected chi connectivity index (χ4v) is 5.96. The van der Waals surface area contributed by atoms with Crippen LogP contribution in [0.2, 0.25) is 0 Å². The molecule has 9 nitrogen and oxygen atoms in total. The first kappa shape index (κ1) is 20.9. The Hall–Kier alpha value is -3.40. The Balaban J connectivity index is 0.000000245. The van der Waals surface area contributed by atoms with E-state index in [4.69, 9.17) is 4.42 Å². The lowest BCUT2D eigenvalue weighted by molar-refractivity contribution is -0.126. The summed E-state index contributed by atoms with van der Waals surface area (Å²) in [6, 6.07) is 9.56. The summed E-state index contributed by atoms with van der Waals surface area (Å²) < 4.78 is 26.3. The molecule has 2 atom stereocenters. The summed E-state index contributed by atoms with van der Waals surface area (Å²) in [6.45, 7) is 1.98. The van der Waals surface area contributed by atoms with Gasteiger partial charge < -0.3 is 20.2 Å². The summed E-state index contributed by atoms with van der Waals surface area (Å²) in [4.78, 5) is 37.3. The van der Waals surface area contributed by atoms with Gasteiger partial charge in [-0.15, -0.1) is 0 Å². The number of furan rings is 1. The van der Waals surface area contributed by atoms with Crippen LogP contribution in [-0.4, -0.2) is 42.6 Å². The van der Waals surface area contributed by atoms with E-state index in [2.05, 4.69) is 10.6 Å². The van der Waals surface area contributed by atoms with Crippen LogP contribution in [0.4, 0.5) is 5.69 Å². The lowest BCUT2D eigenvalue weighted by Crippen LogP contribution is -2.48. The Bertz CT molecular complexity index is 1210. The van der Waals surface area contributed by atoms with E-state index >= 15 is 0 Å². The van der Waals surface area contributed by atoms with Crippen molar-refractivity contribution < 1.29 is 32.3 Å². The van der Waals surface area contributed by atoms with E-state index in [1.54, 1.807) is 24.3 Å². The lowest BCUT2D eigenvalue weighted by atomic mass is 9.82. The Labute approximate surface area is 178 Å². The quantitative estimate of drug-likeness (QED) is 0.598. The van der Waals surface area contributed by atoms with E-state index in [0.717, 1.165) is 6.42 Å². The number of hydrogen-bond donors (Lipinski definition) is 3. The number of sulfone groups is 1. The number of amides is 2. The maximum absolute atomic E-state index is 12.7. The summed E-state index contributed by atoms with van der Waals surface area (Å²) >= 11 is 0. The number of hydrogen-bond acceptors (Lipinski definition) is 7. The maximum atomic E-state index is 12.7. The Morgan fingerprint density at radius 3 is 2.52 bits per heavy atom. The van der Waals surface area contributed by atoms with Gasteiger partial charge in [-0.3, -0.25) is 14.4 Å². The monoisotopic (exact) mass is 444 g/mol. The number of ketones is 1. The fourth-order valence-electron chi connectivity index (χ4n) is 4.00. The molecule has 0 bridgehead atoms. The molecule has 5 rings (SSSR count). The first-order valence-corrected chi connectivity index (χ1v) is 11.4. The van der Waals surface area contributed by atoms with Gasteiger partial charge in [0.2, 0.25) is 5.78 Å². The summed E-state index contributed by atoms with van der Waals surface area (Å²) in [5.74, 6) is -1.84. The minimum Gasteiger partial charge on any atom is -0.503 e. The molecule has 1 fully saturated rings. The number of carbonyl (C=O) groups is 3. The molecule has 2 amide bonds. The van der Waals surface area contributed by atoms with Crippen LogP contribution >= 0.6 is 0 Å². The third-order valence-corrected chi connectivity index (χ3v) is 7.41. The predicted octanol–water partition coefficient (Wildman–Crippen LogP) is 1.69. The number of carbonyl (C=O) groups excluding carboxylic acids is 3. The summed E-state index contributed by atoms with van der Waals surface area (Å²) in [6.07, 6.45) is 2.16. The van der Waals surface area contributed by atoms with Crippen LogP contribution in [0.5, 0.6) is 0 Å². The molecule has 1 spiro atoms. The van der Waals surface area contributed by atoms with E-state index in [1.807, 2.05) is 6.92 Å². The summed E-state index contributed by atoms with van der Waals surface area (Å²) in [5, 5.41) is 15.2. The fraction of sp³-hybridized carbons (Fsp3) is 0.286. The van der Waals surface area contributed by atoms with Gasteiger partial charge in [0, 0.05) is 11.3 Å². The van der Waals surface area contributed by atoms with E-state index < -0.39 is 38.7 Å². The molecule has 2 unspecified atom stereocenters. The van der Waals surface area contributed by atoms with Crippen molar-refractivity contribution in [2.45, 2.75) is 18.9 Å². The van der Waals surface area contributed by atoms with Crippen LogP contribution in [0, 0.1) is 5.92 Å². The number of para-hydroxylation sites is 1. The van der Waals surface area contributed by atoms with Crippen molar-refractivity contribution in [3.8, 4) is 0 Å². The molecule has 0 radical (unpaired) electrons. The number of aliphatic hydroxyl groups excluding tert-OH is 1. The second kappa shape index (κ2) is 7.38. The number of nitrogens with one attached hydrogen (secondary N) is 2. The first-order valence-electron chi connectivity index (χ1n) is 9.61. The molecule has 4 heterocycles. The van der Waals surface area contributed by atoms with E-state index in [9.17, 15) is 27.9 Å². The highest BCUT2D eigenvalue weighted by atomic mass is 32.2. The highest BCUT2D eigenvalue weighted by molar-refractivity contribution is 7.91. The van der Waals surface area contributed by atoms with Crippen LogP contribution in [0.3, 0.4) is 0 Å². The molecule has 1 saturated heterocycles. The number of fused-ring (bicyclic) bond motifs is 2. The van der Waals surface area contributed by atoms with Crippen molar-refractivity contribution >= 4 is 33.1 Å². The van der Waals surface area contributed by atoms with Crippen LogP contribution < -0.4 is 10.6 Å². The van der Waals surface area contributed by atoms with Crippen LogP contribution in [0.25, 0.3) is 0 Å². The van der Waals surface area contributed by atoms with Crippen molar-refractivity contribution in [3.05, 3.63) is 65.3 Å². The lowest BCUT2D eigenvalue weighted by Gasteiger charge is -2.24. The molecule has 3 aliphatic heterocycles. The molecule has 3 aliphatic rings. The van der Waals surface area contributed by atoms with Crippen molar-refractivity contribution in [3.63, 3.8) is 0 Å². The van der Waals surface area contributed by atoms with E-state index in [0.29, 0.717) is 28.7 Å². The van der Waals surface area contributed by atoms with Gasteiger partial charge in [-0.1, -0.05) is 25.1 Å². The minimum absolute atomic E-state index is 0.0698. The molecule has 1 aromatic carbocycles. The van der Waals surface area contributed by atoms with Gasteiger partial charge in [0.15, 0.2) is 26.9 Å². The van der Waals surface area contributed by atoms with E-state index in [-0.39, 0.29) is 11.3 Å². The highest BCUT2D eigenvalue weighted by Gasteiger charge is 2.59. The molecule has 1 aromatic heterocycles. The number of benzene rings is 1. The Morgan fingerprint density at radius 2 is 1.94 bits per heavy atom. The third kappa shape index (κ3) is 3.42. The van der Waals surface area contributed by atoms with Gasteiger partial charge in [0.05, 0.1) is 23.3 Å². The third-order valence-electron chi connectivity index (χ3n) is 5.48. The molecule has 162 valence electrons. The molecule has 0 saturated carbocycles. The van der Waals surface area contributed by atoms with Gasteiger partial charge in [-0.2, -0.15) is 0 Å². The Kier molecular flexibility index (Phi) is 4.97. The van der Waals surface area contributed by atoms with Crippen molar-refractivity contribution in [2.75, 3.05) is 16.8 Å². The topological polar surface area (TPSA) is 143 Å². The largest absolute Gasteiger partial charge is 0.503 e. The second-order valence-electron chi connectivity index (χ2n) is 7.74. The van der Waals surface area contributed by atoms with Gasteiger partial charge in [-0.05, 0) is 30.5 Å². The van der Waals surface area contributed by atoms with Crippen molar-refractivity contribution in [2.24, 2.45) is 5.92 Å². The number of aliphatic hydroxyl groups is 1. The van der Waals surface area contributed by atoms with Gasteiger partial charge in [0.25, 0.3) is 11.8 Å². The van der Waals surface area contributed by atoms with Gasteiger partial charge in [-0.25, -0.2) is 8.42 Å². The molecular formula is C21H20N2O7S. The van der Waals surface area contributed by atoms with Crippen LogP contribution in [-0.2, 0) is 25.0 Å². The average molecular weight is 444 g/mol. The zero-order chi connectivity index (χ0) is 22.4. The average Bonchev–Trinajstić information content (AvgIpc) is 3.46. The number of Topliss-reactive ketones (excluding diaryl/α,β-unsaturated/α-hetero) is 1. The number of rotatable bonds is 2. The second-order valence-corrected chi connectivity index (χ2v) is 9.97. The minimum atomic E-state index is -2.60.